The van der Waals surface area contributed by atoms with E-state index in [0.29, 0.717) is 21.3 Å². The minimum Gasteiger partial charge on any atom is -0.322 e. The minimum atomic E-state index is -0.265. The Hall–Kier alpha value is -2.37. The van der Waals surface area contributed by atoms with Crippen LogP contribution in [-0.2, 0) is 0 Å². The van der Waals surface area contributed by atoms with Gasteiger partial charge in [-0.15, -0.1) is 5.10 Å². The monoisotopic (exact) mass is 374 g/mol. The molecule has 0 bridgehead atoms. The molecule has 1 N–H and O–H groups in total. The zero-order valence-electron chi connectivity index (χ0n) is 13.7. The molecule has 0 saturated heterocycles. The fourth-order valence-corrected chi connectivity index (χ4v) is 2.69. The van der Waals surface area contributed by atoms with Crippen molar-refractivity contribution in [3.8, 4) is 5.69 Å². The molecule has 3 rings (SSSR count). The van der Waals surface area contributed by atoms with Crippen molar-refractivity contribution in [3.63, 3.8) is 0 Å². The summed E-state index contributed by atoms with van der Waals surface area (Å²) in [5, 5.41) is 11.7. The van der Waals surface area contributed by atoms with Crippen LogP contribution in [0.3, 0.4) is 0 Å². The number of nitrogens with zero attached hydrogens (tertiary/aromatic N) is 3. The molecule has 0 aliphatic heterocycles. The summed E-state index contributed by atoms with van der Waals surface area (Å²) in [6.07, 6.45) is 1.74. The number of halogens is 2. The van der Waals surface area contributed by atoms with Crippen LogP contribution >= 0.6 is 23.2 Å². The van der Waals surface area contributed by atoms with Crippen molar-refractivity contribution >= 4 is 34.8 Å². The third-order valence-electron chi connectivity index (χ3n) is 3.70. The maximum absolute atomic E-state index is 12.4. The van der Waals surface area contributed by atoms with Crippen LogP contribution in [0, 0.1) is 0 Å². The second-order valence-corrected chi connectivity index (χ2v) is 6.67. The second-order valence-electron chi connectivity index (χ2n) is 5.86. The molecule has 0 atom stereocenters. The summed E-state index contributed by atoms with van der Waals surface area (Å²) in [6.45, 7) is 4.15. The van der Waals surface area contributed by atoms with Crippen LogP contribution in [0.15, 0.2) is 48.7 Å². The maximum Gasteiger partial charge on any atom is 0.255 e. The van der Waals surface area contributed by atoms with Crippen molar-refractivity contribution in [3.05, 3.63) is 70.0 Å². The molecule has 1 aromatic heterocycles. The number of carbonyl (C=O) groups excluding carboxylic acids is 1. The molecule has 2 aromatic carbocycles. The Morgan fingerprint density at radius 2 is 1.92 bits per heavy atom. The number of carbonyl (C=O) groups is 1. The zero-order valence-corrected chi connectivity index (χ0v) is 15.2. The van der Waals surface area contributed by atoms with Crippen molar-refractivity contribution < 1.29 is 4.79 Å². The molecule has 25 heavy (non-hydrogen) atoms. The van der Waals surface area contributed by atoms with Gasteiger partial charge < -0.3 is 5.32 Å². The number of rotatable bonds is 4. The Morgan fingerprint density at radius 1 is 1.12 bits per heavy atom. The van der Waals surface area contributed by atoms with Crippen LogP contribution in [-0.4, -0.2) is 20.9 Å². The second kappa shape index (κ2) is 7.25. The first-order valence-electron chi connectivity index (χ1n) is 7.73. The molecule has 128 valence electrons. The van der Waals surface area contributed by atoms with E-state index >= 15 is 0 Å². The molecule has 7 heteroatoms. The number of anilines is 1. The summed E-state index contributed by atoms with van der Waals surface area (Å²) in [7, 11) is 0. The summed E-state index contributed by atoms with van der Waals surface area (Å²) in [4.78, 5) is 12.4. The van der Waals surface area contributed by atoms with Gasteiger partial charge >= 0.3 is 0 Å². The van der Waals surface area contributed by atoms with Gasteiger partial charge in [0.15, 0.2) is 0 Å². The first-order valence-corrected chi connectivity index (χ1v) is 8.48. The van der Waals surface area contributed by atoms with Gasteiger partial charge in [0.25, 0.3) is 5.91 Å². The van der Waals surface area contributed by atoms with E-state index in [4.69, 9.17) is 23.2 Å². The maximum atomic E-state index is 12.4. The largest absolute Gasteiger partial charge is 0.322 e. The van der Waals surface area contributed by atoms with Gasteiger partial charge in [-0.3, -0.25) is 4.79 Å². The third-order valence-corrected chi connectivity index (χ3v) is 4.44. The number of nitrogens with one attached hydrogen (secondary N) is 1. The average molecular weight is 375 g/mol. The minimum absolute atomic E-state index is 0.265. The molecular formula is C18H16Cl2N4O. The summed E-state index contributed by atoms with van der Waals surface area (Å²) < 4.78 is 1.76. The highest BCUT2D eigenvalue weighted by molar-refractivity contribution is 6.42. The lowest BCUT2D eigenvalue weighted by Crippen LogP contribution is -2.12. The lowest BCUT2D eigenvalue weighted by Gasteiger charge is -2.11. The molecular weight excluding hydrogens is 359 g/mol. The highest BCUT2D eigenvalue weighted by atomic mass is 35.5. The molecule has 5 nitrogen and oxygen atoms in total. The van der Waals surface area contributed by atoms with E-state index < -0.39 is 0 Å². The van der Waals surface area contributed by atoms with Crippen molar-refractivity contribution in [2.75, 3.05) is 5.32 Å². The number of hydrogen-bond donors (Lipinski definition) is 1. The van der Waals surface area contributed by atoms with Crippen molar-refractivity contribution in [1.29, 1.82) is 0 Å². The predicted octanol–water partition coefficient (Wildman–Crippen LogP) is 4.95. The fraction of sp³-hybridized carbons (Fsp3) is 0.167. The number of benzene rings is 2. The summed E-state index contributed by atoms with van der Waals surface area (Å²) in [5.41, 5.74) is 2.91. The Bertz CT molecular complexity index is 921. The van der Waals surface area contributed by atoms with Gasteiger partial charge in [0.2, 0.25) is 0 Å². The molecule has 0 aliphatic carbocycles. The van der Waals surface area contributed by atoms with E-state index in [1.54, 1.807) is 23.0 Å². The topological polar surface area (TPSA) is 59.8 Å². The van der Waals surface area contributed by atoms with Crippen LogP contribution in [0.1, 0.15) is 35.8 Å². The van der Waals surface area contributed by atoms with Crippen LogP contribution in [0.5, 0.6) is 0 Å². The van der Waals surface area contributed by atoms with Gasteiger partial charge in [0.1, 0.15) is 0 Å². The quantitative estimate of drug-likeness (QED) is 0.702. The number of hydrogen-bond acceptors (Lipinski definition) is 3. The molecule has 1 heterocycles. The Balaban J connectivity index is 1.85. The summed E-state index contributed by atoms with van der Waals surface area (Å²) >= 11 is 11.9. The van der Waals surface area contributed by atoms with Gasteiger partial charge in [-0.25, -0.2) is 4.68 Å². The molecule has 0 aliphatic rings. The van der Waals surface area contributed by atoms with Crippen LogP contribution in [0.25, 0.3) is 5.69 Å². The fourth-order valence-electron chi connectivity index (χ4n) is 2.39. The first kappa shape index (κ1) is 17.5. The molecule has 1 amide bonds. The zero-order chi connectivity index (χ0) is 18.0. The molecule has 3 aromatic rings. The van der Waals surface area contributed by atoms with Gasteiger partial charge in [0.05, 0.1) is 27.6 Å². The molecule has 0 unspecified atom stereocenters. The van der Waals surface area contributed by atoms with Gasteiger partial charge in [-0.2, -0.15) is 0 Å². The molecule has 0 saturated carbocycles. The van der Waals surface area contributed by atoms with Crippen LogP contribution < -0.4 is 5.32 Å². The van der Waals surface area contributed by atoms with Crippen molar-refractivity contribution in [2.45, 2.75) is 19.8 Å². The standard InChI is InChI=1S/C18H16Cl2N4O/c1-11(2)17-10-21-23-24(17)14-5-3-4-13(9-14)22-18(25)12-6-7-15(19)16(20)8-12/h3-11H,1-2H3,(H,22,25). The SMILES string of the molecule is CC(C)c1cnnn1-c1cccc(NC(=O)c2ccc(Cl)c(Cl)c2)c1. The summed E-state index contributed by atoms with van der Waals surface area (Å²) in [6, 6.07) is 12.2. The molecule has 0 spiro atoms. The number of aromatic nitrogens is 3. The molecule has 0 radical (unpaired) electrons. The predicted molar refractivity (Wildman–Crippen MR) is 99.9 cm³/mol. The number of amides is 1. The third kappa shape index (κ3) is 3.83. The van der Waals surface area contributed by atoms with Gasteiger partial charge in [-0.05, 0) is 42.3 Å². The smallest absolute Gasteiger partial charge is 0.255 e. The lowest BCUT2D eigenvalue weighted by atomic mass is 10.1. The highest BCUT2D eigenvalue weighted by Crippen LogP contribution is 2.24. The Kier molecular flexibility index (Phi) is 5.06. The Morgan fingerprint density at radius 3 is 2.64 bits per heavy atom. The van der Waals surface area contributed by atoms with Gasteiger partial charge in [-0.1, -0.05) is 48.3 Å². The van der Waals surface area contributed by atoms with E-state index in [1.165, 1.54) is 6.07 Å². The molecule has 0 fully saturated rings. The van der Waals surface area contributed by atoms with Crippen LogP contribution in [0.2, 0.25) is 10.0 Å². The van der Waals surface area contributed by atoms with E-state index in [-0.39, 0.29) is 11.8 Å². The average Bonchev–Trinajstić information content (AvgIpc) is 3.07. The van der Waals surface area contributed by atoms with Gasteiger partial charge in [0, 0.05) is 11.3 Å². The van der Waals surface area contributed by atoms with Crippen molar-refractivity contribution in [2.24, 2.45) is 0 Å². The normalized spacial score (nSPS) is 10.9. The van der Waals surface area contributed by atoms with Crippen LogP contribution in [0.4, 0.5) is 5.69 Å². The lowest BCUT2D eigenvalue weighted by molar-refractivity contribution is 0.102. The van der Waals surface area contributed by atoms with E-state index in [2.05, 4.69) is 29.5 Å². The Labute approximate surface area is 155 Å². The highest BCUT2D eigenvalue weighted by Gasteiger charge is 2.12. The first-order chi connectivity index (χ1) is 12.0. The van der Waals surface area contributed by atoms with E-state index in [9.17, 15) is 4.79 Å². The van der Waals surface area contributed by atoms with E-state index in [0.717, 1.165) is 11.4 Å². The van der Waals surface area contributed by atoms with Crippen molar-refractivity contribution in [1.82, 2.24) is 15.0 Å². The van der Waals surface area contributed by atoms with E-state index in [1.807, 2.05) is 24.3 Å². The summed E-state index contributed by atoms with van der Waals surface area (Å²) in [5.74, 6) is 0.0165.